The fourth-order valence-corrected chi connectivity index (χ4v) is 2.60. The van der Waals surface area contributed by atoms with Crippen LogP contribution in [0, 0.1) is 0 Å². The summed E-state index contributed by atoms with van der Waals surface area (Å²) in [5.41, 5.74) is 0.454. The number of carbonyl (C=O) groups excluding carboxylic acids is 2. The second kappa shape index (κ2) is 13.7. The Morgan fingerprint density at radius 2 is 1.28 bits per heavy atom. The second-order valence-corrected chi connectivity index (χ2v) is 6.36. The number of carbonyl (C=O) groups is 2. The van der Waals surface area contributed by atoms with Crippen LogP contribution in [0.2, 0.25) is 0 Å². The highest BCUT2D eigenvalue weighted by Gasteiger charge is 2.18. The van der Waals surface area contributed by atoms with Gasteiger partial charge in [0.2, 0.25) is 0 Å². The monoisotopic (exact) mass is 368 g/mol. The summed E-state index contributed by atoms with van der Waals surface area (Å²) in [6.45, 7) is 2.70. The lowest BCUT2D eigenvalue weighted by Gasteiger charge is -2.09. The maximum absolute atomic E-state index is 12.2. The van der Waals surface area contributed by atoms with Crippen molar-refractivity contribution in [1.29, 1.82) is 0 Å². The number of unbranched alkanes of at least 4 members (excludes halogenated alkanes) is 7. The SMILES string of the molecule is CCCCCCCCCCOC(=O)c1ccccc1C(=O)OCCCl. The van der Waals surface area contributed by atoms with Gasteiger partial charge < -0.3 is 9.47 Å². The van der Waals surface area contributed by atoms with Crippen molar-refractivity contribution >= 4 is 23.5 Å². The quantitative estimate of drug-likeness (QED) is 0.266. The summed E-state index contributed by atoms with van der Waals surface area (Å²) in [4.78, 5) is 24.2. The van der Waals surface area contributed by atoms with Gasteiger partial charge in [-0.2, -0.15) is 0 Å². The topological polar surface area (TPSA) is 52.6 Å². The van der Waals surface area contributed by atoms with Crippen molar-refractivity contribution in [3.63, 3.8) is 0 Å². The smallest absolute Gasteiger partial charge is 0.339 e. The molecule has 0 aliphatic heterocycles. The Kier molecular flexibility index (Phi) is 11.8. The number of alkyl halides is 1. The van der Waals surface area contributed by atoms with Gasteiger partial charge in [-0.3, -0.25) is 0 Å². The maximum Gasteiger partial charge on any atom is 0.339 e. The van der Waals surface area contributed by atoms with Gasteiger partial charge in [-0.1, -0.05) is 64.0 Å². The first-order valence-corrected chi connectivity index (χ1v) is 9.73. The Labute approximate surface area is 155 Å². The van der Waals surface area contributed by atoms with Gasteiger partial charge in [-0.25, -0.2) is 9.59 Å². The lowest BCUT2D eigenvalue weighted by Crippen LogP contribution is -2.15. The van der Waals surface area contributed by atoms with E-state index in [0.717, 1.165) is 12.8 Å². The zero-order valence-electron chi connectivity index (χ0n) is 15.1. The molecule has 140 valence electrons. The summed E-state index contributed by atoms with van der Waals surface area (Å²) >= 11 is 5.51. The lowest BCUT2D eigenvalue weighted by atomic mass is 10.1. The number of halogens is 1. The Morgan fingerprint density at radius 1 is 0.800 bits per heavy atom. The summed E-state index contributed by atoms with van der Waals surface area (Å²) in [6.07, 6.45) is 9.47. The standard InChI is InChI=1S/C20H29ClO4/c1-2-3-4-5-6-7-8-11-15-24-19(22)17-12-9-10-13-18(17)20(23)25-16-14-21/h9-10,12-13H,2-8,11,14-16H2,1H3. The zero-order valence-corrected chi connectivity index (χ0v) is 15.9. The number of hydrogen-bond acceptors (Lipinski definition) is 4. The fourth-order valence-electron chi connectivity index (χ4n) is 2.53. The van der Waals surface area contributed by atoms with Gasteiger partial charge in [0.05, 0.1) is 23.6 Å². The van der Waals surface area contributed by atoms with Crippen LogP contribution in [-0.2, 0) is 9.47 Å². The molecule has 4 nitrogen and oxygen atoms in total. The molecule has 0 N–H and O–H groups in total. The molecule has 0 fully saturated rings. The Hall–Kier alpha value is -1.55. The maximum atomic E-state index is 12.2. The molecule has 0 amide bonds. The molecule has 0 unspecified atom stereocenters. The van der Waals surface area contributed by atoms with Crippen LogP contribution in [0.1, 0.15) is 79.0 Å². The molecule has 1 aromatic carbocycles. The van der Waals surface area contributed by atoms with Crippen molar-refractivity contribution in [3.8, 4) is 0 Å². The third kappa shape index (κ3) is 8.92. The molecule has 1 rings (SSSR count). The average molecular weight is 369 g/mol. The molecular weight excluding hydrogens is 340 g/mol. The predicted molar refractivity (Wildman–Crippen MR) is 100 cm³/mol. The molecule has 5 heteroatoms. The van der Waals surface area contributed by atoms with Gasteiger partial charge in [0, 0.05) is 0 Å². The number of hydrogen-bond donors (Lipinski definition) is 0. The van der Waals surface area contributed by atoms with Crippen LogP contribution in [0.25, 0.3) is 0 Å². The highest BCUT2D eigenvalue weighted by Crippen LogP contribution is 2.13. The van der Waals surface area contributed by atoms with Gasteiger partial charge in [0.25, 0.3) is 0 Å². The van der Waals surface area contributed by atoms with E-state index in [9.17, 15) is 9.59 Å². The molecule has 0 saturated carbocycles. The first kappa shape index (κ1) is 21.5. The second-order valence-electron chi connectivity index (χ2n) is 5.98. The minimum atomic E-state index is -0.555. The minimum Gasteiger partial charge on any atom is -0.462 e. The summed E-state index contributed by atoms with van der Waals surface area (Å²) < 4.78 is 10.3. The van der Waals surface area contributed by atoms with Crippen molar-refractivity contribution in [3.05, 3.63) is 35.4 Å². The largest absolute Gasteiger partial charge is 0.462 e. The lowest BCUT2D eigenvalue weighted by molar-refractivity contribution is 0.0463. The van der Waals surface area contributed by atoms with E-state index in [1.165, 1.54) is 38.5 Å². The van der Waals surface area contributed by atoms with E-state index in [2.05, 4.69) is 6.92 Å². The van der Waals surface area contributed by atoms with Crippen LogP contribution >= 0.6 is 11.6 Å². The highest BCUT2D eigenvalue weighted by molar-refractivity contribution is 6.18. The van der Waals surface area contributed by atoms with Crippen molar-refractivity contribution in [2.45, 2.75) is 58.3 Å². The van der Waals surface area contributed by atoms with Crippen LogP contribution < -0.4 is 0 Å². The van der Waals surface area contributed by atoms with Crippen molar-refractivity contribution in [2.75, 3.05) is 19.1 Å². The third-order valence-corrected chi connectivity index (χ3v) is 4.06. The number of rotatable bonds is 13. The molecular formula is C20H29ClO4. The first-order valence-electron chi connectivity index (χ1n) is 9.20. The molecule has 0 aliphatic carbocycles. The molecule has 0 aromatic heterocycles. The molecule has 0 heterocycles. The number of benzene rings is 1. The van der Waals surface area contributed by atoms with Gasteiger partial charge in [0.1, 0.15) is 6.61 Å². The van der Waals surface area contributed by atoms with Crippen LogP contribution in [0.4, 0.5) is 0 Å². The van der Waals surface area contributed by atoms with Crippen LogP contribution in [0.5, 0.6) is 0 Å². The van der Waals surface area contributed by atoms with E-state index in [1.54, 1.807) is 24.3 Å². The van der Waals surface area contributed by atoms with Gasteiger partial charge in [-0.05, 0) is 18.6 Å². The van der Waals surface area contributed by atoms with Gasteiger partial charge >= 0.3 is 11.9 Å². The normalized spacial score (nSPS) is 10.5. The van der Waals surface area contributed by atoms with E-state index < -0.39 is 11.9 Å². The van der Waals surface area contributed by atoms with Crippen molar-refractivity contribution in [2.24, 2.45) is 0 Å². The summed E-state index contributed by atoms with van der Waals surface area (Å²) in [6, 6.07) is 6.52. The molecule has 0 bridgehead atoms. The van der Waals surface area contributed by atoms with Gasteiger partial charge in [0.15, 0.2) is 0 Å². The summed E-state index contributed by atoms with van der Waals surface area (Å²) in [5.74, 6) is -0.821. The van der Waals surface area contributed by atoms with E-state index in [1.807, 2.05) is 0 Å². The summed E-state index contributed by atoms with van der Waals surface area (Å²) in [7, 11) is 0. The number of esters is 2. The van der Waals surface area contributed by atoms with Crippen molar-refractivity contribution < 1.29 is 19.1 Å². The molecule has 1 aromatic rings. The van der Waals surface area contributed by atoms with Crippen LogP contribution in [0.3, 0.4) is 0 Å². The Morgan fingerprint density at radius 3 is 1.80 bits per heavy atom. The third-order valence-electron chi connectivity index (χ3n) is 3.91. The van der Waals surface area contributed by atoms with Crippen LogP contribution in [-0.4, -0.2) is 31.0 Å². The average Bonchev–Trinajstić information content (AvgIpc) is 2.64. The highest BCUT2D eigenvalue weighted by atomic mass is 35.5. The Bertz CT molecular complexity index is 516. The molecule has 0 atom stereocenters. The Balaban J connectivity index is 2.32. The molecule has 0 aliphatic rings. The molecule has 0 spiro atoms. The van der Waals surface area contributed by atoms with Crippen LogP contribution in [0.15, 0.2) is 24.3 Å². The predicted octanol–water partition coefficient (Wildman–Crippen LogP) is 5.38. The van der Waals surface area contributed by atoms with Gasteiger partial charge in [-0.15, -0.1) is 11.6 Å². The fraction of sp³-hybridized carbons (Fsp3) is 0.600. The first-order chi connectivity index (χ1) is 12.2. The van der Waals surface area contributed by atoms with E-state index in [0.29, 0.717) is 6.61 Å². The number of ether oxygens (including phenoxy) is 2. The van der Waals surface area contributed by atoms with E-state index >= 15 is 0 Å². The van der Waals surface area contributed by atoms with E-state index in [-0.39, 0.29) is 23.6 Å². The van der Waals surface area contributed by atoms with Crippen molar-refractivity contribution in [1.82, 2.24) is 0 Å². The van der Waals surface area contributed by atoms with E-state index in [4.69, 9.17) is 21.1 Å². The summed E-state index contributed by atoms with van der Waals surface area (Å²) in [5, 5.41) is 0. The zero-order chi connectivity index (χ0) is 18.3. The molecule has 0 saturated heterocycles. The molecule has 0 radical (unpaired) electrons. The molecule has 25 heavy (non-hydrogen) atoms. The minimum absolute atomic E-state index is 0.113.